The van der Waals surface area contributed by atoms with Gasteiger partial charge < -0.3 is 18.6 Å². The van der Waals surface area contributed by atoms with E-state index in [-0.39, 0.29) is 46.9 Å². The molecule has 1 aromatic carbocycles. The van der Waals surface area contributed by atoms with Crippen LogP contribution in [0.15, 0.2) is 6.07 Å². The van der Waals surface area contributed by atoms with Gasteiger partial charge in [-0.3, -0.25) is 14.4 Å². The number of aromatic nitrogens is 1. The lowest BCUT2D eigenvalue weighted by Gasteiger charge is -2.22. The highest BCUT2D eigenvalue weighted by molar-refractivity contribution is 7.87. The fourth-order valence-electron chi connectivity index (χ4n) is 4.08. The van der Waals surface area contributed by atoms with E-state index in [0.717, 1.165) is 4.90 Å². The number of hydrogen-bond donors (Lipinski definition) is 0. The number of hydrogen-bond acceptors (Lipinski definition) is 9. The Morgan fingerprint density at radius 2 is 2.06 bits per heavy atom. The highest BCUT2D eigenvalue weighted by atomic mass is 35.5. The molecule has 2 aromatic rings. The van der Waals surface area contributed by atoms with Crippen LogP contribution in [0.5, 0.6) is 11.6 Å². The van der Waals surface area contributed by atoms with Crippen molar-refractivity contribution in [3.63, 3.8) is 0 Å². The molecule has 0 saturated heterocycles. The zero-order valence-electron chi connectivity index (χ0n) is 17.1. The first-order chi connectivity index (χ1) is 15.9. The fourth-order valence-corrected chi connectivity index (χ4v) is 4.79. The molecule has 2 aliphatic heterocycles. The van der Waals surface area contributed by atoms with Gasteiger partial charge in [0, 0.05) is 22.9 Å². The average Bonchev–Trinajstić information content (AvgIpc) is 3.34. The van der Waals surface area contributed by atoms with Crippen molar-refractivity contribution in [2.45, 2.75) is 37.5 Å². The number of fused-ring (bicyclic) bond motifs is 5. The van der Waals surface area contributed by atoms with Gasteiger partial charge in [0.05, 0.1) is 23.1 Å². The number of halogens is 4. The van der Waals surface area contributed by atoms with Crippen molar-refractivity contribution < 1.29 is 49.6 Å². The summed E-state index contributed by atoms with van der Waals surface area (Å²) in [6.07, 6.45) is -0.245. The maximum atomic E-state index is 13.0. The maximum absolute atomic E-state index is 13.0. The van der Waals surface area contributed by atoms with Crippen molar-refractivity contribution in [3.05, 3.63) is 27.8 Å². The smallest absolute Gasteiger partial charge is 0.481 e. The number of aldehydes is 1. The van der Waals surface area contributed by atoms with Gasteiger partial charge in [-0.25, -0.2) is 4.98 Å². The lowest BCUT2D eigenvalue weighted by Crippen LogP contribution is -2.31. The predicted octanol–water partition coefficient (Wildman–Crippen LogP) is 2.20. The summed E-state index contributed by atoms with van der Waals surface area (Å²) >= 11 is 6.22. The number of alkyl halides is 3. The fraction of sp³-hybridized carbons (Fsp3) is 0.368. The Labute approximate surface area is 194 Å². The van der Waals surface area contributed by atoms with Crippen LogP contribution in [0.1, 0.15) is 29.7 Å². The van der Waals surface area contributed by atoms with Crippen LogP contribution in [0.3, 0.4) is 0 Å². The SMILES string of the molecule is C[C@H]1c2c(c(OS(=O)(=O)C(F)(F)F)nc3cc(Cl)c4c(c23)CC(C=O)O4)CN1C(=O)COC=O. The number of benzene rings is 1. The van der Waals surface area contributed by atoms with E-state index in [4.69, 9.17) is 16.3 Å². The second-order valence-electron chi connectivity index (χ2n) is 7.45. The van der Waals surface area contributed by atoms with Gasteiger partial charge in [0.15, 0.2) is 19.0 Å². The first kappa shape index (κ1) is 24.0. The van der Waals surface area contributed by atoms with Gasteiger partial charge in [0.25, 0.3) is 12.4 Å². The Morgan fingerprint density at radius 1 is 1.35 bits per heavy atom. The third-order valence-corrected chi connectivity index (χ3v) is 6.72. The monoisotopic (exact) mass is 522 g/mol. The minimum atomic E-state index is -6.09. The van der Waals surface area contributed by atoms with Crippen LogP contribution in [-0.4, -0.2) is 55.2 Å². The van der Waals surface area contributed by atoms with Crippen LogP contribution < -0.4 is 8.92 Å². The summed E-state index contributed by atoms with van der Waals surface area (Å²) in [6.45, 7) is 0.572. The molecule has 0 aliphatic carbocycles. The van der Waals surface area contributed by atoms with Crippen LogP contribution in [-0.2, 0) is 42.2 Å². The Morgan fingerprint density at radius 3 is 2.68 bits per heavy atom. The molecule has 2 aliphatic rings. The van der Waals surface area contributed by atoms with E-state index in [9.17, 15) is 36.0 Å². The molecule has 2 atom stereocenters. The van der Waals surface area contributed by atoms with E-state index in [1.54, 1.807) is 6.92 Å². The topological polar surface area (TPSA) is 129 Å². The van der Waals surface area contributed by atoms with Gasteiger partial charge in [0.2, 0.25) is 5.88 Å². The molecule has 182 valence electrons. The summed E-state index contributed by atoms with van der Waals surface area (Å²) in [6, 6.07) is 0.419. The number of carbonyl (C=O) groups excluding carboxylic acids is 3. The highest BCUT2D eigenvalue weighted by Gasteiger charge is 2.50. The number of pyridine rings is 1. The van der Waals surface area contributed by atoms with Gasteiger partial charge in [-0.15, -0.1) is 0 Å². The number of rotatable bonds is 6. The molecule has 0 N–H and O–H groups in total. The molecule has 3 heterocycles. The Balaban J connectivity index is 1.95. The summed E-state index contributed by atoms with van der Waals surface area (Å²) in [7, 11) is -6.09. The molecular weight excluding hydrogens is 509 g/mol. The van der Waals surface area contributed by atoms with E-state index in [2.05, 4.69) is 13.9 Å². The molecule has 0 fully saturated rings. The first-order valence-corrected chi connectivity index (χ1v) is 11.3. The van der Waals surface area contributed by atoms with Crippen molar-refractivity contribution in [1.29, 1.82) is 0 Å². The standard InChI is InChI=1S/C19H14ClF3N2O8S/c1-8-15-11(4-25(8)14(28)6-31-7-27)18(33-34(29,30)19(21,22)23)24-13-3-12(20)17-10(16(13)15)2-9(5-26)32-17/h3,5,7-9H,2,4,6H2,1H3/t8-,9?/m0/s1. The first-order valence-electron chi connectivity index (χ1n) is 9.54. The third kappa shape index (κ3) is 3.79. The minimum Gasteiger partial charge on any atom is -0.481 e. The zero-order valence-corrected chi connectivity index (χ0v) is 18.7. The van der Waals surface area contributed by atoms with Gasteiger partial charge in [-0.1, -0.05) is 11.6 Å². The molecule has 4 rings (SSSR count). The highest BCUT2D eigenvalue weighted by Crippen LogP contribution is 2.49. The molecule has 10 nitrogen and oxygen atoms in total. The Kier molecular flexibility index (Phi) is 5.84. The van der Waals surface area contributed by atoms with Crippen LogP contribution in [0.25, 0.3) is 10.9 Å². The molecule has 1 unspecified atom stereocenters. The van der Waals surface area contributed by atoms with E-state index in [1.807, 2.05) is 0 Å². The summed E-state index contributed by atoms with van der Waals surface area (Å²) < 4.78 is 76.8. The van der Waals surface area contributed by atoms with E-state index >= 15 is 0 Å². The lowest BCUT2D eigenvalue weighted by molar-refractivity contribution is -0.144. The van der Waals surface area contributed by atoms with E-state index < -0.39 is 46.2 Å². The van der Waals surface area contributed by atoms with Crippen molar-refractivity contribution in [3.8, 4) is 11.6 Å². The molecule has 0 saturated carbocycles. The number of carbonyl (C=O) groups is 3. The number of nitrogens with zero attached hydrogens (tertiary/aromatic N) is 2. The Hall–Kier alpha value is -3.13. The molecular formula is C19H14ClF3N2O8S. The van der Waals surface area contributed by atoms with E-state index in [0.29, 0.717) is 17.2 Å². The number of ether oxygens (including phenoxy) is 2. The summed E-state index contributed by atoms with van der Waals surface area (Å²) in [4.78, 5) is 39.5. The van der Waals surface area contributed by atoms with Crippen molar-refractivity contribution in [2.75, 3.05) is 6.61 Å². The van der Waals surface area contributed by atoms with Crippen LogP contribution >= 0.6 is 11.6 Å². The second-order valence-corrected chi connectivity index (χ2v) is 9.40. The van der Waals surface area contributed by atoms with Crippen LogP contribution in [0, 0.1) is 0 Å². The quantitative estimate of drug-likeness (QED) is 0.318. The largest absolute Gasteiger partial charge is 0.534 e. The zero-order chi connectivity index (χ0) is 25.0. The summed E-state index contributed by atoms with van der Waals surface area (Å²) in [5.74, 6) is -1.39. The van der Waals surface area contributed by atoms with Crippen LogP contribution in [0.2, 0.25) is 5.02 Å². The summed E-state index contributed by atoms with van der Waals surface area (Å²) in [5, 5.41) is 0.344. The van der Waals surface area contributed by atoms with E-state index in [1.165, 1.54) is 6.07 Å². The third-order valence-electron chi connectivity index (χ3n) is 5.49. The van der Waals surface area contributed by atoms with Gasteiger partial charge in [-0.2, -0.15) is 21.6 Å². The maximum Gasteiger partial charge on any atom is 0.534 e. The molecule has 34 heavy (non-hydrogen) atoms. The number of amides is 1. The molecule has 1 amide bonds. The second kappa shape index (κ2) is 8.27. The van der Waals surface area contributed by atoms with Crippen molar-refractivity contribution in [2.24, 2.45) is 0 Å². The van der Waals surface area contributed by atoms with Gasteiger partial charge in [0.1, 0.15) is 5.75 Å². The molecule has 15 heteroatoms. The summed E-state index contributed by atoms with van der Waals surface area (Å²) in [5.41, 5.74) is -5.16. The van der Waals surface area contributed by atoms with Gasteiger partial charge in [-0.05, 0) is 18.6 Å². The normalized spacial score (nSPS) is 19.4. The minimum absolute atomic E-state index is 0.00175. The van der Waals surface area contributed by atoms with Crippen molar-refractivity contribution >= 4 is 51.3 Å². The molecule has 0 bridgehead atoms. The molecule has 1 aromatic heterocycles. The molecule has 0 spiro atoms. The van der Waals surface area contributed by atoms with Gasteiger partial charge >= 0.3 is 15.6 Å². The Bertz CT molecular complexity index is 1330. The average molecular weight is 523 g/mol. The molecule has 0 radical (unpaired) electrons. The predicted molar refractivity (Wildman–Crippen MR) is 108 cm³/mol. The lowest BCUT2D eigenvalue weighted by atomic mass is 9.94. The van der Waals surface area contributed by atoms with Crippen LogP contribution in [0.4, 0.5) is 13.2 Å². The van der Waals surface area contributed by atoms with Crippen molar-refractivity contribution in [1.82, 2.24) is 9.88 Å².